The van der Waals surface area contributed by atoms with Crippen LogP contribution in [-0.2, 0) is 9.53 Å². The minimum Gasteiger partial charge on any atom is -0.472 e. The number of ether oxygens (including phenoxy) is 1. The van der Waals surface area contributed by atoms with Crippen LogP contribution in [0.3, 0.4) is 0 Å². The smallest absolute Gasteiger partial charge is 0.382 e. The molecule has 0 aliphatic carbocycles. The SMILES string of the molecule is COC(=O)c1cccc(C#CC(=O)O)c1. The molecule has 15 heavy (non-hydrogen) atoms. The van der Waals surface area contributed by atoms with Gasteiger partial charge in [0.05, 0.1) is 12.7 Å². The Balaban J connectivity index is 2.99. The number of methoxy groups -OCH3 is 1. The molecule has 0 saturated heterocycles. The van der Waals surface area contributed by atoms with Crippen molar-refractivity contribution in [3.05, 3.63) is 35.4 Å². The molecule has 76 valence electrons. The van der Waals surface area contributed by atoms with E-state index in [4.69, 9.17) is 5.11 Å². The number of hydrogen-bond acceptors (Lipinski definition) is 3. The predicted molar refractivity (Wildman–Crippen MR) is 52.3 cm³/mol. The van der Waals surface area contributed by atoms with E-state index >= 15 is 0 Å². The highest BCUT2D eigenvalue weighted by Crippen LogP contribution is 2.05. The third kappa shape index (κ3) is 3.16. The Bertz CT molecular complexity index is 451. The maximum Gasteiger partial charge on any atom is 0.382 e. The zero-order chi connectivity index (χ0) is 11.3. The largest absolute Gasteiger partial charge is 0.472 e. The number of carboxylic acids is 1. The van der Waals surface area contributed by atoms with Crippen LogP contribution in [0.1, 0.15) is 15.9 Å². The van der Waals surface area contributed by atoms with Crippen LogP contribution in [0.4, 0.5) is 0 Å². The summed E-state index contributed by atoms with van der Waals surface area (Å²) in [6.07, 6.45) is 0. The number of hydrogen-bond donors (Lipinski definition) is 1. The molecule has 0 heterocycles. The second kappa shape index (κ2) is 4.82. The summed E-state index contributed by atoms with van der Waals surface area (Å²) in [5.41, 5.74) is 0.801. The van der Waals surface area contributed by atoms with Gasteiger partial charge < -0.3 is 9.84 Å². The highest BCUT2D eigenvalue weighted by Gasteiger charge is 2.04. The van der Waals surface area contributed by atoms with E-state index in [0.717, 1.165) is 0 Å². The monoisotopic (exact) mass is 204 g/mol. The number of aliphatic carboxylic acids is 1. The second-order valence-corrected chi connectivity index (χ2v) is 2.63. The number of carboxylic acid groups (broad SMARTS) is 1. The van der Waals surface area contributed by atoms with E-state index in [0.29, 0.717) is 11.1 Å². The second-order valence-electron chi connectivity index (χ2n) is 2.63. The maximum atomic E-state index is 11.1. The van der Waals surface area contributed by atoms with E-state index in [1.54, 1.807) is 18.2 Å². The van der Waals surface area contributed by atoms with Crippen molar-refractivity contribution in [1.82, 2.24) is 0 Å². The van der Waals surface area contributed by atoms with Crippen LogP contribution in [0.15, 0.2) is 24.3 Å². The average molecular weight is 204 g/mol. The van der Waals surface area contributed by atoms with Crippen molar-refractivity contribution in [3.8, 4) is 11.8 Å². The molecule has 0 atom stereocenters. The van der Waals surface area contributed by atoms with Gasteiger partial charge in [-0.25, -0.2) is 9.59 Å². The normalized spacial score (nSPS) is 8.60. The molecule has 0 aromatic heterocycles. The van der Waals surface area contributed by atoms with E-state index in [9.17, 15) is 9.59 Å². The van der Waals surface area contributed by atoms with Gasteiger partial charge in [-0.15, -0.1) is 0 Å². The van der Waals surface area contributed by atoms with E-state index in [1.165, 1.54) is 13.2 Å². The molecule has 0 spiro atoms. The third-order valence-electron chi connectivity index (χ3n) is 1.60. The molecule has 1 N–H and O–H groups in total. The van der Waals surface area contributed by atoms with E-state index < -0.39 is 11.9 Å². The van der Waals surface area contributed by atoms with Crippen LogP contribution >= 0.6 is 0 Å². The van der Waals surface area contributed by atoms with Crippen molar-refractivity contribution in [2.45, 2.75) is 0 Å². The standard InChI is InChI=1S/C11H8O4/c1-15-11(14)9-4-2-3-8(7-9)5-6-10(12)13/h2-4,7H,1H3,(H,12,13). The Morgan fingerprint density at radius 1 is 1.40 bits per heavy atom. The minimum atomic E-state index is -1.21. The van der Waals surface area contributed by atoms with Crippen LogP contribution in [0.2, 0.25) is 0 Å². The van der Waals surface area contributed by atoms with Crippen molar-refractivity contribution < 1.29 is 19.4 Å². The molecular formula is C11H8O4. The molecule has 1 aromatic carbocycles. The van der Waals surface area contributed by atoms with Crippen LogP contribution in [0, 0.1) is 11.8 Å². The van der Waals surface area contributed by atoms with Gasteiger partial charge in [-0.2, -0.15) is 0 Å². The molecule has 0 unspecified atom stereocenters. The first-order valence-electron chi connectivity index (χ1n) is 4.07. The summed E-state index contributed by atoms with van der Waals surface area (Å²) in [5, 5.41) is 8.33. The van der Waals surface area contributed by atoms with E-state index in [1.807, 2.05) is 5.92 Å². The Labute approximate surface area is 86.5 Å². The van der Waals surface area contributed by atoms with Crippen LogP contribution in [0.25, 0.3) is 0 Å². The summed E-state index contributed by atoms with van der Waals surface area (Å²) < 4.78 is 4.51. The predicted octanol–water partition coefficient (Wildman–Crippen LogP) is 0.909. The van der Waals surface area contributed by atoms with Crippen LogP contribution in [-0.4, -0.2) is 24.2 Å². The maximum absolute atomic E-state index is 11.1. The Morgan fingerprint density at radius 2 is 2.13 bits per heavy atom. The van der Waals surface area contributed by atoms with Crippen LogP contribution < -0.4 is 0 Å². The fraction of sp³-hybridized carbons (Fsp3) is 0.0909. The van der Waals surface area contributed by atoms with Gasteiger partial charge in [0.25, 0.3) is 0 Å². The molecule has 1 rings (SSSR count). The quantitative estimate of drug-likeness (QED) is 0.545. The highest BCUT2D eigenvalue weighted by molar-refractivity contribution is 5.90. The molecular weight excluding hydrogens is 196 g/mol. The third-order valence-corrected chi connectivity index (χ3v) is 1.60. The Hall–Kier alpha value is -2.28. The Morgan fingerprint density at radius 3 is 2.73 bits per heavy atom. The summed E-state index contributed by atoms with van der Waals surface area (Å²) in [4.78, 5) is 21.3. The fourth-order valence-corrected chi connectivity index (χ4v) is 0.967. The molecule has 1 aromatic rings. The number of benzene rings is 1. The molecule has 4 nitrogen and oxygen atoms in total. The van der Waals surface area contributed by atoms with Gasteiger partial charge in [-0.3, -0.25) is 0 Å². The van der Waals surface area contributed by atoms with E-state index in [2.05, 4.69) is 10.7 Å². The summed E-state index contributed by atoms with van der Waals surface area (Å²) in [5.74, 6) is 2.68. The zero-order valence-electron chi connectivity index (χ0n) is 7.98. The lowest BCUT2D eigenvalue weighted by molar-refractivity contribution is -0.130. The van der Waals surface area contributed by atoms with Gasteiger partial charge in [0.2, 0.25) is 0 Å². The number of esters is 1. The van der Waals surface area contributed by atoms with E-state index in [-0.39, 0.29) is 0 Å². The fourth-order valence-electron chi connectivity index (χ4n) is 0.967. The molecule has 4 heteroatoms. The molecule has 0 aliphatic rings. The molecule has 0 aliphatic heterocycles. The van der Waals surface area contributed by atoms with Crippen molar-refractivity contribution in [3.63, 3.8) is 0 Å². The Kier molecular flexibility index (Phi) is 3.47. The summed E-state index contributed by atoms with van der Waals surface area (Å²) in [6.45, 7) is 0. The minimum absolute atomic E-state index is 0.342. The van der Waals surface area contributed by atoms with Gasteiger partial charge in [0, 0.05) is 11.5 Å². The zero-order valence-corrected chi connectivity index (χ0v) is 7.98. The molecule has 0 saturated carbocycles. The van der Waals surface area contributed by atoms with Crippen molar-refractivity contribution in [2.24, 2.45) is 0 Å². The van der Waals surface area contributed by atoms with Crippen molar-refractivity contribution >= 4 is 11.9 Å². The first-order valence-corrected chi connectivity index (χ1v) is 4.07. The number of carbonyl (C=O) groups excluding carboxylic acids is 1. The summed E-state index contributed by atoms with van der Waals surface area (Å²) in [6, 6.07) is 6.26. The highest BCUT2D eigenvalue weighted by atomic mass is 16.5. The topological polar surface area (TPSA) is 63.6 Å². The van der Waals surface area contributed by atoms with Gasteiger partial charge in [0.15, 0.2) is 0 Å². The first kappa shape index (κ1) is 10.8. The van der Waals surface area contributed by atoms with Crippen molar-refractivity contribution in [2.75, 3.05) is 7.11 Å². The molecule has 0 fully saturated rings. The number of rotatable bonds is 1. The molecule has 0 bridgehead atoms. The van der Waals surface area contributed by atoms with Gasteiger partial charge in [-0.05, 0) is 18.2 Å². The summed E-state index contributed by atoms with van der Waals surface area (Å²) >= 11 is 0. The van der Waals surface area contributed by atoms with Crippen molar-refractivity contribution in [1.29, 1.82) is 0 Å². The van der Waals surface area contributed by atoms with Gasteiger partial charge in [-0.1, -0.05) is 12.0 Å². The number of carbonyl (C=O) groups is 2. The first-order chi connectivity index (χ1) is 7.13. The lowest BCUT2D eigenvalue weighted by Gasteiger charge is -1.98. The summed E-state index contributed by atoms with van der Waals surface area (Å²) in [7, 11) is 1.28. The lowest BCUT2D eigenvalue weighted by Crippen LogP contribution is -2.00. The average Bonchev–Trinajstić information content (AvgIpc) is 2.25. The lowest BCUT2D eigenvalue weighted by atomic mass is 10.1. The van der Waals surface area contributed by atoms with Crippen LogP contribution in [0.5, 0.6) is 0 Å². The van der Waals surface area contributed by atoms with Gasteiger partial charge >= 0.3 is 11.9 Å². The van der Waals surface area contributed by atoms with Gasteiger partial charge in [0.1, 0.15) is 0 Å². The molecule has 0 amide bonds. The molecule has 0 radical (unpaired) electrons.